The van der Waals surface area contributed by atoms with Crippen LogP contribution in [0.2, 0.25) is 0 Å². The van der Waals surface area contributed by atoms with Gasteiger partial charge in [0.25, 0.3) is 0 Å². The van der Waals surface area contributed by atoms with Crippen LogP contribution in [0.5, 0.6) is 23.0 Å². The lowest BCUT2D eigenvalue weighted by Gasteiger charge is -2.38. The number of aromatic hydroxyl groups is 1. The minimum absolute atomic E-state index is 0.0470. The Balaban J connectivity index is 0.000000213. The number of nitrogens with zero attached hydrogens (tertiary/aromatic N) is 4. The largest absolute Gasteiger partial charge is 0.508 e. The average Bonchev–Trinajstić information content (AvgIpc) is 3.76. The monoisotopic (exact) mass is 742 g/mol. The van der Waals surface area contributed by atoms with E-state index in [0.29, 0.717) is 50.0 Å². The Hall–Kier alpha value is -4.58. The molecule has 2 N–H and O–H groups in total. The maximum atomic E-state index is 12.6. The van der Waals surface area contributed by atoms with Crippen molar-refractivity contribution < 1.29 is 34.0 Å². The number of phenolic OH excluding ortho intramolecular Hbond substituents is 1. The summed E-state index contributed by atoms with van der Waals surface area (Å²) in [5.74, 6) is 2.73. The predicted molar refractivity (Wildman–Crippen MR) is 211 cm³/mol. The number of rotatable bonds is 12. The number of ether oxygens (including phenoxy) is 3. The number of likely N-dealkylation sites (tertiary alicyclic amines) is 2. The normalized spacial score (nSPS) is 18.2. The highest BCUT2D eigenvalue weighted by molar-refractivity contribution is 5.92. The SMILES string of the molecule is CC(C(O)c1ccc(O)cc1)N1CCC(Cc2ccccc2)CC1.COc1cc(/C=C/C(=O)N2CCN(CC(=O)N3CCCC3)CC2)cc(OC)c1OC. The van der Waals surface area contributed by atoms with Crippen LogP contribution >= 0.6 is 0 Å². The summed E-state index contributed by atoms with van der Waals surface area (Å²) in [7, 11) is 4.67. The zero-order chi connectivity index (χ0) is 38.5. The van der Waals surface area contributed by atoms with Crippen molar-refractivity contribution in [2.45, 2.75) is 51.2 Å². The maximum absolute atomic E-state index is 12.6. The van der Waals surface area contributed by atoms with Crippen molar-refractivity contribution >= 4 is 17.9 Å². The molecule has 2 amide bonds. The summed E-state index contributed by atoms with van der Waals surface area (Å²) in [6.45, 7) is 9.02. The number of piperazine rings is 1. The summed E-state index contributed by atoms with van der Waals surface area (Å²) in [4.78, 5) is 33.2. The summed E-state index contributed by atoms with van der Waals surface area (Å²) in [6.07, 6.45) is 8.52. The fourth-order valence-corrected chi connectivity index (χ4v) is 7.52. The number of hydrogen-bond donors (Lipinski definition) is 2. The number of phenols is 1. The van der Waals surface area contributed by atoms with E-state index in [9.17, 15) is 19.8 Å². The van der Waals surface area contributed by atoms with E-state index in [1.54, 1.807) is 69.9 Å². The molecule has 54 heavy (non-hydrogen) atoms. The summed E-state index contributed by atoms with van der Waals surface area (Å²) in [6, 6.07) is 21.3. The van der Waals surface area contributed by atoms with Crippen LogP contribution in [0.25, 0.3) is 6.08 Å². The molecule has 0 bridgehead atoms. The summed E-state index contributed by atoms with van der Waals surface area (Å²) in [5.41, 5.74) is 3.08. The zero-order valence-corrected chi connectivity index (χ0v) is 32.4. The van der Waals surface area contributed by atoms with Crippen LogP contribution in [0.1, 0.15) is 55.4 Å². The summed E-state index contributed by atoms with van der Waals surface area (Å²) in [5, 5.41) is 20.0. The first-order valence-electron chi connectivity index (χ1n) is 19.2. The standard InChI is InChI=1S/C22H31N3O5.C21H27NO2/c1-28-18-14-17(15-19(29-2)22(18)30-3)6-7-20(26)25-12-10-23(11-13-25)16-21(27)24-8-4-5-9-24;1-16(21(24)19-7-9-20(23)10-8-19)22-13-11-18(12-14-22)15-17-5-3-2-4-6-17/h6-7,14-15H,4-5,8-13,16H2,1-3H3;2-10,16,18,21,23-24H,11-15H2,1H3/b7-6+;. The second-order valence-corrected chi connectivity index (χ2v) is 14.4. The molecule has 11 nitrogen and oxygen atoms in total. The van der Waals surface area contributed by atoms with E-state index >= 15 is 0 Å². The van der Waals surface area contributed by atoms with Crippen molar-refractivity contribution in [1.82, 2.24) is 19.6 Å². The molecule has 3 aromatic rings. The summed E-state index contributed by atoms with van der Waals surface area (Å²) < 4.78 is 16.0. The minimum atomic E-state index is -0.517. The van der Waals surface area contributed by atoms with Crippen LogP contribution in [0.3, 0.4) is 0 Å². The molecule has 3 heterocycles. The Bertz CT molecular complexity index is 1620. The van der Waals surface area contributed by atoms with Gasteiger partial charge in [0.2, 0.25) is 17.6 Å². The van der Waals surface area contributed by atoms with Crippen molar-refractivity contribution in [3.8, 4) is 23.0 Å². The van der Waals surface area contributed by atoms with E-state index in [0.717, 1.165) is 62.5 Å². The van der Waals surface area contributed by atoms with Gasteiger partial charge < -0.3 is 34.2 Å². The highest BCUT2D eigenvalue weighted by Gasteiger charge is 2.28. The van der Waals surface area contributed by atoms with Crippen molar-refractivity contribution in [1.29, 1.82) is 0 Å². The van der Waals surface area contributed by atoms with E-state index in [-0.39, 0.29) is 23.6 Å². The number of hydrogen-bond acceptors (Lipinski definition) is 9. The number of methoxy groups -OCH3 is 3. The molecular formula is C43H58N4O7. The maximum Gasteiger partial charge on any atom is 0.246 e. The molecular weight excluding hydrogens is 684 g/mol. The molecule has 11 heteroatoms. The highest BCUT2D eigenvalue weighted by Crippen LogP contribution is 2.38. The van der Waals surface area contributed by atoms with Gasteiger partial charge in [-0.25, -0.2) is 0 Å². The summed E-state index contributed by atoms with van der Waals surface area (Å²) >= 11 is 0. The Morgan fingerprint density at radius 1 is 0.796 bits per heavy atom. The van der Waals surface area contributed by atoms with Crippen molar-refractivity contribution in [3.05, 3.63) is 89.5 Å². The topological polar surface area (TPSA) is 115 Å². The van der Waals surface area contributed by atoms with Gasteiger partial charge in [0.1, 0.15) is 5.75 Å². The van der Waals surface area contributed by atoms with Crippen molar-refractivity contribution in [2.24, 2.45) is 5.92 Å². The lowest BCUT2D eigenvalue weighted by atomic mass is 9.89. The van der Waals surface area contributed by atoms with Gasteiger partial charge in [0, 0.05) is 51.4 Å². The molecule has 3 fully saturated rings. The molecule has 292 valence electrons. The van der Waals surface area contributed by atoms with Crippen LogP contribution in [0.15, 0.2) is 72.8 Å². The van der Waals surface area contributed by atoms with E-state index in [4.69, 9.17) is 14.2 Å². The van der Waals surface area contributed by atoms with Crippen molar-refractivity contribution in [2.75, 3.05) is 80.2 Å². The van der Waals surface area contributed by atoms with Crippen LogP contribution in [0, 0.1) is 5.92 Å². The molecule has 2 atom stereocenters. The van der Waals surface area contributed by atoms with Gasteiger partial charge in [0.05, 0.1) is 34.0 Å². The van der Waals surface area contributed by atoms with Crippen LogP contribution in [-0.2, 0) is 16.0 Å². The average molecular weight is 743 g/mol. The minimum Gasteiger partial charge on any atom is -0.508 e. The third-order valence-corrected chi connectivity index (χ3v) is 10.9. The Morgan fingerprint density at radius 2 is 1.41 bits per heavy atom. The van der Waals surface area contributed by atoms with Gasteiger partial charge in [0.15, 0.2) is 11.5 Å². The molecule has 0 aliphatic carbocycles. The molecule has 0 radical (unpaired) electrons. The predicted octanol–water partition coefficient (Wildman–Crippen LogP) is 5.26. The van der Waals surface area contributed by atoms with Crippen molar-refractivity contribution in [3.63, 3.8) is 0 Å². The third-order valence-electron chi connectivity index (χ3n) is 10.9. The number of benzene rings is 3. The second-order valence-electron chi connectivity index (χ2n) is 14.4. The number of carbonyl (C=O) groups is 2. The van der Waals surface area contributed by atoms with Crippen LogP contribution < -0.4 is 14.2 Å². The number of aliphatic hydroxyl groups excluding tert-OH is 1. The molecule has 3 aliphatic heterocycles. The quantitative estimate of drug-likeness (QED) is 0.240. The number of amides is 2. The second kappa shape index (κ2) is 20.2. The highest BCUT2D eigenvalue weighted by atomic mass is 16.5. The molecule has 0 spiro atoms. The molecule has 0 aromatic heterocycles. The molecule has 3 aromatic carbocycles. The van der Waals surface area contributed by atoms with E-state index in [2.05, 4.69) is 47.1 Å². The van der Waals surface area contributed by atoms with E-state index in [1.165, 1.54) is 18.4 Å². The Morgan fingerprint density at radius 3 is 1.98 bits per heavy atom. The fourth-order valence-electron chi connectivity index (χ4n) is 7.52. The van der Waals surface area contributed by atoms with Crippen LogP contribution in [-0.4, -0.2) is 128 Å². The Labute approximate surface area is 320 Å². The first-order chi connectivity index (χ1) is 26.2. The Kier molecular flexibility index (Phi) is 15.2. The molecule has 0 saturated carbocycles. The van der Waals surface area contributed by atoms with Gasteiger partial charge in [-0.1, -0.05) is 42.5 Å². The zero-order valence-electron chi connectivity index (χ0n) is 32.4. The number of piperidine rings is 1. The van der Waals surface area contributed by atoms with E-state index in [1.807, 2.05) is 9.80 Å². The fraction of sp³-hybridized carbons (Fsp3) is 0.488. The molecule has 3 saturated heterocycles. The van der Waals surface area contributed by atoms with Gasteiger partial charge in [-0.05, 0) is 105 Å². The molecule has 2 unspecified atom stereocenters. The van der Waals surface area contributed by atoms with Crippen LogP contribution in [0.4, 0.5) is 0 Å². The lowest BCUT2D eigenvalue weighted by molar-refractivity contribution is -0.132. The van der Waals surface area contributed by atoms with Gasteiger partial charge in [-0.15, -0.1) is 0 Å². The first kappa shape index (κ1) is 40.6. The smallest absolute Gasteiger partial charge is 0.246 e. The van der Waals surface area contributed by atoms with Gasteiger partial charge in [-0.3, -0.25) is 19.4 Å². The van der Waals surface area contributed by atoms with E-state index < -0.39 is 6.10 Å². The first-order valence-corrected chi connectivity index (χ1v) is 19.2. The molecule has 3 aliphatic rings. The third kappa shape index (κ3) is 11.2. The number of aliphatic hydroxyl groups is 1. The lowest BCUT2D eigenvalue weighted by Crippen LogP contribution is -2.51. The molecule has 6 rings (SSSR count). The van der Waals surface area contributed by atoms with Gasteiger partial charge in [-0.2, -0.15) is 0 Å². The number of carbonyl (C=O) groups excluding carboxylic acids is 2. The van der Waals surface area contributed by atoms with Gasteiger partial charge >= 0.3 is 0 Å².